The normalized spacial score (nSPS) is 11.8. The summed E-state index contributed by atoms with van der Waals surface area (Å²) in [4.78, 5) is 23.3. The summed E-state index contributed by atoms with van der Waals surface area (Å²) in [5.41, 5.74) is 0.0484. The van der Waals surface area contributed by atoms with Crippen molar-refractivity contribution in [1.29, 1.82) is 0 Å². The van der Waals surface area contributed by atoms with Crippen LogP contribution in [0.3, 0.4) is 0 Å². The highest BCUT2D eigenvalue weighted by atomic mass is 19.2. The quantitative estimate of drug-likeness (QED) is 0.808. The van der Waals surface area contributed by atoms with Gasteiger partial charge in [0, 0.05) is 11.8 Å². The van der Waals surface area contributed by atoms with Crippen LogP contribution in [0.1, 0.15) is 6.92 Å². The highest BCUT2D eigenvalue weighted by molar-refractivity contribution is 5.95. The number of hydrogen-bond acceptors (Lipinski definition) is 6. The summed E-state index contributed by atoms with van der Waals surface area (Å²) in [6.07, 6.45) is 0.0879. The van der Waals surface area contributed by atoms with Crippen molar-refractivity contribution in [3.8, 4) is 0 Å². The third-order valence-electron chi connectivity index (χ3n) is 2.55. The zero-order valence-corrected chi connectivity index (χ0v) is 11.4. The second-order valence-electron chi connectivity index (χ2n) is 4.26. The number of nitrogens with one attached hydrogen (secondary N) is 1. The minimum atomic E-state index is -1.13. The molecule has 2 aromatic rings. The number of anilines is 1. The Morgan fingerprint density at radius 1 is 1.36 bits per heavy atom. The fraction of sp³-hybridized carbons (Fsp3) is 0.250. The maximum atomic E-state index is 13.0. The van der Waals surface area contributed by atoms with Gasteiger partial charge < -0.3 is 10.1 Å². The Labute approximate surface area is 123 Å². The molecule has 1 atom stereocenters. The number of hydrogen-bond donors (Lipinski definition) is 1. The lowest BCUT2D eigenvalue weighted by Gasteiger charge is -2.13. The largest absolute Gasteiger partial charge is 0.451 e. The number of ether oxygens (including phenoxy) is 1. The molecule has 1 heterocycles. The van der Waals surface area contributed by atoms with Gasteiger partial charge in [0.05, 0.1) is 0 Å². The minimum absolute atomic E-state index is 0.0484. The van der Waals surface area contributed by atoms with E-state index >= 15 is 0 Å². The number of rotatable bonds is 5. The van der Waals surface area contributed by atoms with Crippen molar-refractivity contribution < 1.29 is 23.1 Å². The Bertz CT molecular complexity index is 677. The van der Waals surface area contributed by atoms with Gasteiger partial charge in [0.1, 0.15) is 12.9 Å². The molecule has 0 spiro atoms. The summed E-state index contributed by atoms with van der Waals surface area (Å²) in [7, 11) is 0. The molecule has 0 aliphatic rings. The third kappa shape index (κ3) is 4.04. The van der Waals surface area contributed by atoms with Crippen LogP contribution in [0.15, 0.2) is 24.5 Å². The van der Waals surface area contributed by atoms with E-state index in [-0.39, 0.29) is 12.2 Å². The molecule has 0 saturated carbocycles. The Balaban J connectivity index is 1.88. The van der Waals surface area contributed by atoms with Crippen LogP contribution in [0.4, 0.5) is 14.5 Å². The van der Waals surface area contributed by atoms with Crippen LogP contribution < -0.4 is 5.32 Å². The molecule has 0 unspecified atom stereocenters. The predicted molar refractivity (Wildman–Crippen MR) is 68.4 cm³/mol. The molecule has 1 aromatic heterocycles. The van der Waals surface area contributed by atoms with E-state index in [0.717, 1.165) is 16.8 Å². The summed E-state index contributed by atoms with van der Waals surface area (Å²) in [5.74, 6) is -3.53. The molecule has 0 radical (unpaired) electrons. The van der Waals surface area contributed by atoms with Crippen LogP contribution in [0, 0.1) is 11.6 Å². The first-order valence-electron chi connectivity index (χ1n) is 6.12. The van der Waals surface area contributed by atoms with Crippen LogP contribution in [0.5, 0.6) is 0 Å². The summed E-state index contributed by atoms with van der Waals surface area (Å²) in [6, 6.07) is 2.88. The van der Waals surface area contributed by atoms with Crippen molar-refractivity contribution in [1.82, 2.24) is 20.2 Å². The second kappa shape index (κ2) is 6.70. The molecule has 0 aliphatic heterocycles. The van der Waals surface area contributed by atoms with E-state index in [1.807, 2.05) is 0 Å². The van der Waals surface area contributed by atoms with E-state index in [2.05, 4.69) is 20.8 Å². The Hall–Kier alpha value is -2.91. The molecule has 0 aliphatic carbocycles. The summed E-state index contributed by atoms with van der Waals surface area (Å²) >= 11 is 0. The van der Waals surface area contributed by atoms with Crippen LogP contribution in [-0.2, 0) is 20.9 Å². The van der Waals surface area contributed by atoms with E-state index < -0.39 is 29.6 Å². The molecule has 8 nitrogen and oxygen atoms in total. The van der Waals surface area contributed by atoms with Crippen LogP contribution in [0.2, 0.25) is 0 Å². The Morgan fingerprint density at radius 3 is 2.77 bits per heavy atom. The second-order valence-corrected chi connectivity index (χ2v) is 4.26. The van der Waals surface area contributed by atoms with Crippen molar-refractivity contribution >= 4 is 17.6 Å². The molecular weight excluding hydrogens is 300 g/mol. The number of nitrogens with zero attached hydrogens (tertiary/aromatic N) is 4. The fourth-order valence-corrected chi connectivity index (χ4v) is 1.49. The van der Waals surface area contributed by atoms with Crippen molar-refractivity contribution in [3.63, 3.8) is 0 Å². The zero-order chi connectivity index (χ0) is 16.1. The molecule has 0 fully saturated rings. The van der Waals surface area contributed by atoms with Gasteiger partial charge in [-0.2, -0.15) is 0 Å². The lowest BCUT2D eigenvalue weighted by Crippen LogP contribution is -2.31. The highest BCUT2D eigenvalue weighted by Gasteiger charge is 2.19. The van der Waals surface area contributed by atoms with Gasteiger partial charge in [-0.15, -0.1) is 5.10 Å². The fourth-order valence-electron chi connectivity index (χ4n) is 1.49. The van der Waals surface area contributed by atoms with E-state index in [9.17, 15) is 18.4 Å². The van der Waals surface area contributed by atoms with Crippen LogP contribution >= 0.6 is 0 Å². The monoisotopic (exact) mass is 311 g/mol. The smallest absolute Gasteiger partial charge is 0.328 e. The summed E-state index contributed by atoms with van der Waals surface area (Å²) in [6.45, 7) is 1.09. The van der Waals surface area contributed by atoms with Gasteiger partial charge >= 0.3 is 5.97 Å². The molecule has 116 valence electrons. The molecule has 22 heavy (non-hydrogen) atoms. The topological polar surface area (TPSA) is 99.0 Å². The molecule has 10 heteroatoms. The number of esters is 1. The highest BCUT2D eigenvalue weighted by Crippen LogP contribution is 2.13. The maximum Gasteiger partial charge on any atom is 0.328 e. The zero-order valence-electron chi connectivity index (χ0n) is 11.4. The third-order valence-corrected chi connectivity index (χ3v) is 2.55. The average molecular weight is 311 g/mol. The predicted octanol–water partition coefficient (Wildman–Crippen LogP) is 0.522. The van der Waals surface area contributed by atoms with Crippen LogP contribution in [-0.4, -0.2) is 38.2 Å². The van der Waals surface area contributed by atoms with Crippen LogP contribution in [0.25, 0.3) is 0 Å². The molecule has 2 rings (SSSR count). The van der Waals surface area contributed by atoms with Gasteiger partial charge in [-0.1, -0.05) is 0 Å². The van der Waals surface area contributed by atoms with E-state index in [1.165, 1.54) is 19.3 Å². The number of carbonyl (C=O) groups excluding carboxylic acids is 2. The molecule has 1 aromatic carbocycles. The number of halogens is 2. The number of carbonyl (C=O) groups is 2. The van der Waals surface area contributed by atoms with E-state index in [4.69, 9.17) is 4.74 Å². The summed E-state index contributed by atoms with van der Waals surface area (Å²) in [5, 5.41) is 12.5. The number of tetrazole rings is 1. The van der Waals surface area contributed by atoms with Gasteiger partial charge in [-0.25, -0.2) is 13.5 Å². The Morgan fingerprint density at radius 2 is 2.14 bits per heavy atom. The van der Waals surface area contributed by atoms with Crippen molar-refractivity contribution in [2.45, 2.75) is 19.6 Å². The summed E-state index contributed by atoms with van der Waals surface area (Å²) < 4.78 is 31.8. The standard InChI is InChI=1S/C12H11F2N5O3/c1-7(22-11(20)5-19-6-15-17-18-19)12(21)16-8-2-3-9(13)10(14)4-8/h2-4,6-7H,5H2,1H3,(H,16,21)/t7-/m0/s1. The first-order chi connectivity index (χ1) is 10.5. The number of aromatic nitrogens is 4. The Kier molecular flexibility index (Phi) is 4.71. The van der Waals surface area contributed by atoms with Gasteiger partial charge in [0.15, 0.2) is 17.7 Å². The lowest BCUT2D eigenvalue weighted by atomic mass is 10.3. The minimum Gasteiger partial charge on any atom is -0.451 e. The molecule has 1 N–H and O–H groups in total. The first kappa shape index (κ1) is 15.5. The average Bonchev–Trinajstić information content (AvgIpc) is 2.95. The van der Waals surface area contributed by atoms with Crippen molar-refractivity contribution in [3.05, 3.63) is 36.2 Å². The van der Waals surface area contributed by atoms with Gasteiger partial charge in [0.25, 0.3) is 5.91 Å². The molecule has 0 saturated heterocycles. The van der Waals surface area contributed by atoms with E-state index in [1.54, 1.807) is 0 Å². The lowest BCUT2D eigenvalue weighted by molar-refractivity contribution is -0.153. The van der Waals surface area contributed by atoms with Crippen molar-refractivity contribution in [2.24, 2.45) is 0 Å². The van der Waals surface area contributed by atoms with E-state index in [0.29, 0.717) is 0 Å². The van der Waals surface area contributed by atoms with Crippen molar-refractivity contribution in [2.75, 3.05) is 5.32 Å². The number of benzene rings is 1. The maximum absolute atomic E-state index is 13.0. The van der Waals surface area contributed by atoms with Gasteiger partial charge in [-0.05, 0) is 29.5 Å². The molecule has 1 amide bonds. The SMILES string of the molecule is C[C@H](OC(=O)Cn1cnnn1)C(=O)Nc1ccc(F)c(F)c1. The molecular formula is C12H11F2N5O3. The number of amides is 1. The van der Waals surface area contributed by atoms with Gasteiger partial charge in [-0.3, -0.25) is 9.59 Å². The van der Waals surface area contributed by atoms with Gasteiger partial charge in [0.2, 0.25) is 0 Å². The molecule has 0 bridgehead atoms. The first-order valence-corrected chi connectivity index (χ1v) is 6.12.